The van der Waals surface area contributed by atoms with Gasteiger partial charge < -0.3 is 15.7 Å². The highest BCUT2D eigenvalue weighted by Crippen LogP contribution is 2.31. The molecule has 2 atom stereocenters. The molecule has 26 heavy (non-hydrogen) atoms. The molecule has 1 heterocycles. The van der Waals surface area contributed by atoms with Gasteiger partial charge in [0, 0.05) is 50.0 Å². The van der Waals surface area contributed by atoms with Crippen molar-refractivity contribution >= 4 is 11.4 Å². The molecule has 0 amide bonds. The van der Waals surface area contributed by atoms with Crippen molar-refractivity contribution in [2.24, 2.45) is 0 Å². The standard InChI is InChI=1S/C22H29N3O/c1-15-5-3-6-16(2)22(15)25-11-9-24(10-12-25)20-13-17-7-4-8-19(23)18(17)14-21(20)26/h3-8,20-21,26H,9-14,23H2,1-2H3/t20-,21-/m1/s1. The van der Waals surface area contributed by atoms with Crippen LogP contribution < -0.4 is 10.6 Å². The van der Waals surface area contributed by atoms with Gasteiger partial charge in [0.2, 0.25) is 0 Å². The second-order valence-corrected chi connectivity index (χ2v) is 7.79. The Labute approximate surface area is 156 Å². The maximum atomic E-state index is 10.8. The predicted molar refractivity (Wildman–Crippen MR) is 108 cm³/mol. The fraction of sp³-hybridized carbons (Fsp3) is 0.455. The van der Waals surface area contributed by atoms with E-state index in [1.807, 2.05) is 12.1 Å². The van der Waals surface area contributed by atoms with E-state index < -0.39 is 0 Å². The first-order valence-corrected chi connectivity index (χ1v) is 9.64. The summed E-state index contributed by atoms with van der Waals surface area (Å²) in [6, 6.07) is 12.9. The number of fused-ring (bicyclic) bond motifs is 1. The average molecular weight is 351 g/mol. The highest BCUT2D eigenvalue weighted by atomic mass is 16.3. The highest BCUT2D eigenvalue weighted by Gasteiger charge is 2.34. The Morgan fingerprint density at radius 3 is 2.27 bits per heavy atom. The minimum Gasteiger partial charge on any atom is -0.398 e. The second kappa shape index (κ2) is 6.93. The van der Waals surface area contributed by atoms with Gasteiger partial charge in [0.05, 0.1) is 6.10 Å². The normalized spacial score (nSPS) is 23.7. The van der Waals surface area contributed by atoms with Crippen LogP contribution in [0.2, 0.25) is 0 Å². The molecule has 1 aliphatic carbocycles. The molecule has 0 aromatic heterocycles. The Morgan fingerprint density at radius 2 is 1.58 bits per heavy atom. The maximum absolute atomic E-state index is 10.8. The van der Waals surface area contributed by atoms with Crippen molar-refractivity contribution < 1.29 is 5.11 Å². The topological polar surface area (TPSA) is 52.7 Å². The van der Waals surface area contributed by atoms with Crippen LogP contribution in [0.25, 0.3) is 0 Å². The molecule has 0 saturated carbocycles. The zero-order valence-corrected chi connectivity index (χ0v) is 15.8. The lowest BCUT2D eigenvalue weighted by molar-refractivity contribution is 0.0396. The van der Waals surface area contributed by atoms with Crippen LogP contribution in [-0.4, -0.2) is 48.3 Å². The van der Waals surface area contributed by atoms with Crippen molar-refractivity contribution in [3.8, 4) is 0 Å². The zero-order valence-electron chi connectivity index (χ0n) is 15.8. The van der Waals surface area contributed by atoms with Crippen molar-refractivity contribution in [1.82, 2.24) is 4.90 Å². The van der Waals surface area contributed by atoms with E-state index in [1.54, 1.807) is 0 Å². The lowest BCUT2D eigenvalue weighted by Crippen LogP contribution is -2.56. The minimum absolute atomic E-state index is 0.199. The molecular weight excluding hydrogens is 322 g/mol. The molecule has 4 rings (SSSR count). The van der Waals surface area contributed by atoms with Crippen LogP contribution in [0.4, 0.5) is 11.4 Å². The number of benzene rings is 2. The van der Waals surface area contributed by atoms with E-state index in [9.17, 15) is 5.11 Å². The number of nitrogens with zero attached hydrogens (tertiary/aromatic N) is 2. The van der Waals surface area contributed by atoms with E-state index in [0.717, 1.165) is 43.9 Å². The number of para-hydroxylation sites is 1. The number of aliphatic hydroxyl groups is 1. The monoisotopic (exact) mass is 351 g/mol. The molecule has 2 aliphatic rings. The average Bonchev–Trinajstić information content (AvgIpc) is 2.63. The SMILES string of the molecule is Cc1cccc(C)c1N1CCN([C@@H]2Cc3cccc(N)c3C[C@H]2O)CC1. The molecule has 2 aromatic carbocycles. The number of nitrogens with two attached hydrogens (primary N) is 1. The molecule has 1 aliphatic heterocycles. The van der Waals surface area contributed by atoms with Gasteiger partial charge in [0.25, 0.3) is 0 Å². The van der Waals surface area contributed by atoms with Gasteiger partial charge in [-0.1, -0.05) is 30.3 Å². The fourth-order valence-electron chi connectivity index (χ4n) is 4.76. The quantitative estimate of drug-likeness (QED) is 0.817. The summed E-state index contributed by atoms with van der Waals surface area (Å²) in [6.07, 6.45) is 1.23. The Balaban J connectivity index is 1.47. The molecule has 1 saturated heterocycles. The van der Waals surface area contributed by atoms with Crippen molar-refractivity contribution in [3.63, 3.8) is 0 Å². The summed E-state index contributed by atoms with van der Waals surface area (Å²) in [5.74, 6) is 0. The van der Waals surface area contributed by atoms with E-state index in [4.69, 9.17) is 5.73 Å². The van der Waals surface area contributed by atoms with Gasteiger partial charge in [-0.25, -0.2) is 0 Å². The number of aliphatic hydroxyl groups excluding tert-OH is 1. The Kier molecular flexibility index (Phi) is 4.63. The number of nitrogen functional groups attached to an aromatic ring is 1. The summed E-state index contributed by atoms with van der Waals surface area (Å²) in [5, 5.41) is 10.8. The van der Waals surface area contributed by atoms with Crippen LogP contribution in [0.5, 0.6) is 0 Å². The number of piperazine rings is 1. The Bertz CT molecular complexity index is 776. The second-order valence-electron chi connectivity index (χ2n) is 7.79. The van der Waals surface area contributed by atoms with Crippen molar-refractivity contribution in [3.05, 3.63) is 58.7 Å². The molecule has 1 fully saturated rings. The van der Waals surface area contributed by atoms with Crippen molar-refractivity contribution in [2.45, 2.75) is 38.8 Å². The smallest absolute Gasteiger partial charge is 0.0739 e. The van der Waals surface area contributed by atoms with Gasteiger partial charge >= 0.3 is 0 Å². The number of rotatable bonds is 2. The van der Waals surface area contributed by atoms with Gasteiger partial charge in [-0.2, -0.15) is 0 Å². The molecule has 0 spiro atoms. The van der Waals surface area contributed by atoms with Gasteiger partial charge in [-0.05, 0) is 48.6 Å². The molecule has 4 heteroatoms. The van der Waals surface area contributed by atoms with Gasteiger partial charge in [-0.15, -0.1) is 0 Å². The minimum atomic E-state index is -0.334. The summed E-state index contributed by atoms with van der Waals surface area (Å²) in [7, 11) is 0. The van der Waals surface area contributed by atoms with E-state index in [2.05, 4.69) is 47.9 Å². The fourth-order valence-corrected chi connectivity index (χ4v) is 4.76. The van der Waals surface area contributed by atoms with Crippen molar-refractivity contribution in [2.75, 3.05) is 36.8 Å². The number of aryl methyl sites for hydroxylation is 2. The lowest BCUT2D eigenvalue weighted by Gasteiger charge is -2.44. The number of anilines is 2. The first kappa shape index (κ1) is 17.4. The number of hydrogen-bond donors (Lipinski definition) is 2. The van der Waals surface area contributed by atoms with E-state index >= 15 is 0 Å². The summed E-state index contributed by atoms with van der Waals surface area (Å²) >= 11 is 0. The molecule has 4 nitrogen and oxygen atoms in total. The molecule has 0 unspecified atom stereocenters. The first-order chi connectivity index (χ1) is 12.5. The van der Waals surface area contributed by atoms with Gasteiger partial charge in [-0.3, -0.25) is 4.90 Å². The highest BCUT2D eigenvalue weighted by molar-refractivity contribution is 5.59. The summed E-state index contributed by atoms with van der Waals surface area (Å²) in [4.78, 5) is 4.98. The molecule has 0 bridgehead atoms. The zero-order chi connectivity index (χ0) is 18.3. The molecule has 0 radical (unpaired) electrons. The van der Waals surface area contributed by atoms with Gasteiger partial charge in [0.1, 0.15) is 0 Å². The van der Waals surface area contributed by atoms with Crippen LogP contribution in [0.15, 0.2) is 36.4 Å². The van der Waals surface area contributed by atoms with Gasteiger partial charge in [0.15, 0.2) is 0 Å². The maximum Gasteiger partial charge on any atom is 0.0739 e. The van der Waals surface area contributed by atoms with Crippen molar-refractivity contribution in [1.29, 1.82) is 0 Å². The molecule has 3 N–H and O–H groups in total. The van der Waals surface area contributed by atoms with Crippen LogP contribution in [0, 0.1) is 13.8 Å². The third kappa shape index (κ3) is 3.08. The largest absolute Gasteiger partial charge is 0.398 e. The Morgan fingerprint density at radius 1 is 0.923 bits per heavy atom. The molecule has 138 valence electrons. The van der Waals surface area contributed by atoms with Crippen LogP contribution in [-0.2, 0) is 12.8 Å². The number of hydrogen-bond acceptors (Lipinski definition) is 4. The van der Waals surface area contributed by atoms with Crippen LogP contribution in [0.1, 0.15) is 22.3 Å². The van der Waals surface area contributed by atoms with E-state index in [1.165, 1.54) is 22.4 Å². The first-order valence-electron chi connectivity index (χ1n) is 9.64. The summed E-state index contributed by atoms with van der Waals surface area (Å²) in [5.41, 5.74) is 13.5. The third-order valence-electron chi connectivity index (χ3n) is 6.13. The molecule has 2 aromatic rings. The molecular formula is C22H29N3O. The summed E-state index contributed by atoms with van der Waals surface area (Å²) < 4.78 is 0. The third-order valence-corrected chi connectivity index (χ3v) is 6.13. The Hall–Kier alpha value is -2.04. The van der Waals surface area contributed by atoms with Crippen LogP contribution >= 0.6 is 0 Å². The predicted octanol–water partition coefficient (Wildman–Crippen LogP) is 2.54. The lowest BCUT2D eigenvalue weighted by atomic mass is 9.84. The summed E-state index contributed by atoms with van der Waals surface area (Å²) in [6.45, 7) is 8.40. The van der Waals surface area contributed by atoms with E-state index in [0.29, 0.717) is 6.42 Å². The van der Waals surface area contributed by atoms with E-state index in [-0.39, 0.29) is 12.1 Å². The van der Waals surface area contributed by atoms with Crippen LogP contribution in [0.3, 0.4) is 0 Å².